The molecule has 3 heterocycles. The number of hydrogen-bond acceptors (Lipinski definition) is 8. The van der Waals surface area contributed by atoms with Crippen molar-refractivity contribution in [2.24, 2.45) is 0 Å². The second-order valence-corrected chi connectivity index (χ2v) is 12.2. The van der Waals surface area contributed by atoms with E-state index in [9.17, 15) is 19.2 Å². The molecule has 44 heavy (non-hydrogen) atoms. The summed E-state index contributed by atoms with van der Waals surface area (Å²) in [5, 5.41) is 0. The average Bonchev–Trinajstić information content (AvgIpc) is 3.49. The summed E-state index contributed by atoms with van der Waals surface area (Å²) < 4.78 is 19.1. The maximum Gasteiger partial charge on any atom is 0.337 e. The second-order valence-electron chi connectivity index (χ2n) is 12.2. The molecule has 2 aliphatic rings. The molecule has 1 aromatic heterocycles. The molecule has 0 aliphatic carbocycles. The van der Waals surface area contributed by atoms with Crippen molar-refractivity contribution < 1.29 is 23.8 Å². The molecule has 0 radical (unpaired) electrons. The monoisotopic (exact) mass is 615 g/mol. The van der Waals surface area contributed by atoms with E-state index in [4.69, 9.17) is 14.2 Å². The van der Waals surface area contributed by atoms with Gasteiger partial charge in [0.15, 0.2) is 6.73 Å². The summed E-state index contributed by atoms with van der Waals surface area (Å²) in [6.07, 6.45) is 24.1. The molecule has 0 bridgehead atoms. The van der Waals surface area contributed by atoms with Crippen molar-refractivity contribution in [3.05, 3.63) is 56.6 Å². The number of unbranched alkanes of at least 4 members (excludes halogenated alkanes) is 12. The molecule has 10 heteroatoms. The van der Waals surface area contributed by atoms with Crippen LogP contribution in [0, 0.1) is 6.92 Å². The third kappa shape index (κ3) is 11.7. The van der Waals surface area contributed by atoms with Gasteiger partial charge in [-0.15, -0.1) is 0 Å². The number of aromatic nitrogens is 2. The molecule has 2 atom stereocenters. The number of ether oxygens (including phenoxy) is 3. The quantitative estimate of drug-likeness (QED) is 0.125. The number of allylic oxidation sites excluding steroid dienone is 1. The Morgan fingerprint density at radius 2 is 1.55 bits per heavy atom. The lowest BCUT2D eigenvalue weighted by Gasteiger charge is -2.19. The minimum Gasteiger partial charge on any atom is -0.463 e. The highest BCUT2D eigenvalue weighted by Crippen LogP contribution is 2.27. The molecule has 0 N–H and O–H groups in total. The molecular weight excluding hydrogens is 562 g/mol. The van der Waals surface area contributed by atoms with Gasteiger partial charge in [-0.1, -0.05) is 90.0 Å². The van der Waals surface area contributed by atoms with Crippen LogP contribution in [0.3, 0.4) is 0 Å². The van der Waals surface area contributed by atoms with Gasteiger partial charge in [-0.05, 0) is 32.4 Å². The van der Waals surface area contributed by atoms with E-state index in [0.29, 0.717) is 36.8 Å². The zero-order valence-corrected chi connectivity index (χ0v) is 27.1. The number of aryl methyl sites for hydroxylation is 1. The first kappa shape index (κ1) is 35.3. The summed E-state index contributed by atoms with van der Waals surface area (Å²) >= 11 is 0. The zero-order valence-electron chi connectivity index (χ0n) is 27.1. The largest absolute Gasteiger partial charge is 0.463 e. The van der Waals surface area contributed by atoms with E-state index in [-0.39, 0.29) is 18.7 Å². The number of carbonyl (C=O) groups is 2. The molecule has 246 valence electrons. The Balaban J connectivity index is 1.33. The SMILES string of the molecule is CCCCCCCCCCCCCCCC(=O)OC[C@@H]1CC[C@H](n2cc(C)c(=O)n(COC(=O)C3=CN(C)C=CC3)c2=O)O1. The standard InChI is InChI=1S/C34H53N3O7/c1-4-5-6-7-8-9-10-11-12-13-14-15-16-19-31(38)42-25-29-20-21-30(44-29)36-23-27(2)32(39)37(34(36)41)26-43-33(40)28-18-17-22-35(3)24-28/h17,22-24,29-30H,4-16,18-21,25-26H2,1-3H3/t29-,30+/m0/s1. The molecule has 1 fully saturated rings. The summed E-state index contributed by atoms with van der Waals surface area (Å²) in [5.74, 6) is -0.809. The molecule has 2 aliphatic heterocycles. The summed E-state index contributed by atoms with van der Waals surface area (Å²) in [5.41, 5.74) is -0.378. The fraction of sp³-hybridized carbons (Fsp3) is 0.706. The average molecular weight is 616 g/mol. The number of hydrogen-bond donors (Lipinski definition) is 0. The highest BCUT2D eigenvalue weighted by atomic mass is 16.6. The van der Waals surface area contributed by atoms with Crippen LogP contribution in [0.5, 0.6) is 0 Å². The molecule has 0 unspecified atom stereocenters. The molecule has 0 saturated carbocycles. The Kier molecular flexibility index (Phi) is 15.5. The number of rotatable bonds is 20. The first-order chi connectivity index (χ1) is 21.3. The van der Waals surface area contributed by atoms with Gasteiger partial charge in [-0.25, -0.2) is 14.2 Å². The molecule has 1 aromatic rings. The van der Waals surface area contributed by atoms with E-state index in [1.165, 1.54) is 75.0 Å². The summed E-state index contributed by atoms with van der Waals surface area (Å²) in [4.78, 5) is 52.4. The Bertz CT molecular complexity index is 1230. The van der Waals surface area contributed by atoms with Crippen LogP contribution < -0.4 is 11.2 Å². The predicted octanol–water partition coefficient (Wildman–Crippen LogP) is 6.25. The van der Waals surface area contributed by atoms with Crippen LogP contribution in [0.25, 0.3) is 0 Å². The van der Waals surface area contributed by atoms with Crippen molar-refractivity contribution in [3.63, 3.8) is 0 Å². The number of carbonyl (C=O) groups excluding carboxylic acids is 2. The fourth-order valence-electron chi connectivity index (χ4n) is 5.68. The Labute approximate surface area is 262 Å². The van der Waals surface area contributed by atoms with Crippen LogP contribution in [0.1, 0.15) is 128 Å². The van der Waals surface area contributed by atoms with Crippen LogP contribution >= 0.6 is 0 Å². The Hall–Kier alpha value is -3.14. The van der Waals surface area contributed by atoms with Crippen molar-refractivity contribution in [1.82, 2.24) is 14.0 Å². The first-order valence-electron chi connectivity index (χ1n) is 16.7. The normalized spacial score (nSPS) is 18.0. The second kappa shape index (κ2) is 19.3. The predicted molar refractivity (Wildman–Crippen MR) is 170 cm³/mol. The summed E-state index contributed by atoms with van der Waals surface area (Å²) in [6.45, 7) is 3.50. The van der Waals surface area contributed by atoms with E-state index >= 15 is 0 Å². The maximum absolute atomic E-state index is 13.2. The van der Waals surface area contributed by atoms with Crippen molar-refractivity contribution in [2.75, 3.05) is 13.7 Å². The number of esters is 2. The Morgan fingerprint density at radius 3 is 2.18 bits per heavy atom. The first-order valence-corrected chi connectivity index (χ1v) is 16.7. The van der Waals surface area contributed by atoms with Gasteiger partial charge in [-0.2, -0.15) is 0 Å². The third-order valence-corrected chi connectivity index (χ3v) is 8.30. The lowest BCUT2D eigenvalue weighted by molar-refractivity contribution is -0.149. The molecule has 0 amide bonds. The van der Waals surface area contributed by atoms with Gasteiger partial charge < -0.3 is 19.1 Å². The maximum atomic E-state index is 13.2. The van der Waals surface area contributed by atoms with Crippen molar-refractivity contribution in [2.45, 2.75) is 142 Å². The van der Waals surface area contributed by atoms with Crippen molar-refractivity contribution in [1.29, 1.82) is 0 Å². The fourth-order valence-corrected chi connectivity index (χ4v) is 5.68. The highest BCUT2D eigenvalue weighted by molar-refractivity contribution is 5.88. The van der Waals surface area contributed by atoms with E-state index in [1.807, 2.05) is 12.3 Å². The highest BCUT2D eigenvalue weighted by Gasteiger charge is 2.29. The van der Waals surface area contributed by atoms with Gasteiger partial charge in [-0.3, -0.25) is 14.2 Å². The van der Waals surface area contributed by atoms with Gasteiger partial charge in [0.05, 0.1) is 11.7 Å². The minimum absolute atomic E-state index is 0.136. The van der Waals surface area contributed by atoms with Crippen LogP contribution in [0.4, 0.5) is 0 Å². The van der Waals surface area contributed by atoms with Gasteiger partial charge in [0, 0.05) is 37.8 Å². The van der Waals surface area contributed by atoms with Crippen molar-refractivity contribution >= 4 is 11.9 Å². The summed E-state index contributed by atoms with van der Waals surface area (Å²) in [6, 6.07) is 0. The van der Waals surface area contributed by atoms with E-state index in [2.05, 4.69) is 6.92 Å². The van der Waals surface area contributed by atoms with E-state index in [0.717, 1.165) is 23.8 Å². The van der Waals surface area contributed by atoms with Gasteiger partial charge in [0.1, 0.15) is 12.8 Å². The Morgan fingerprint density at radius 1 is 0.909 bits per heavy atom. The molecule has 10 nitrogen and oxygen atoms in total. The van der Waals surface area contributed by atoms with Crippen LogP contribution in [-0.2, 0) is 30.5 Å². The molecule has 3 rings (SSSR count). The lowest BCUT2D eigenvalue weighted by Crippen LogP contribution is -2.43. The molecular formula is C34H53N3O7. The molecule has 0 spiro atoms. The van der Waals surface area contributed by atoms with Gasteiger partial charge in [0.2, 0.25) is 0 Å². The molecule has 1 saturated heterocycles. The summed E-state index contributed by atoms with van der Waals surface area (Å²) in [7, 11) is 1.79. The topological polar surface area (TPSA) is 109 Å². The zero-order chi connectivity index (χ0) is 31.7. The number of nitrogens with zero attached hydrogens (tertiary/aromatic N) is 3. The van der Waals surface area contributed by atoms with Crippen LogP contribution in [0.2, 0.25) is 0 Å². The van der Waals surface area contributed by atoms with Crippen LogP contribution in [-0.4, -0.2) is 45.7 Å². The van der Waals surface area contributed by atoms with E-state index in [1.54, 1.807) is 25.1 Å². The van der Waals surface area contributed by atoms with Crippen LogP contribution in [0.15, 0.2) is 39.8 Å². The lowest BCUT2D eigenvalue weighted by atomic mass is 10.0. The minimum atomic E-state index is -0.618. The van der Waals surface area contributed by atoms with Gasteiger partial charge in [0.25, 0.3) is 5.56 Å². The third-order valence-electron chi connectivity index (χ3n) is 8.30. The smallest absolute Gasteiger partial charge is 0.337 e. The van der Waals surface area contributed by atoms with Gasteiger partial charge >= 0.3 is 17.6 Å². The van der Waals surface area contributed by atoms with E-state index < -0.39 is 30.2 Å². The molecule has 0 aromatic carbocycles. The van der Waals surface area contributed by atoms with Crippen molar-refractivity contribution in [3.8, 4) is 0 Å².